The molecule has 2 saturated heterocycles. The van der Waals surface area contributed by atoms with E-state index in [4.69, 9.17) is 21.1 Å². The number of amides is 1. The highest BCUT2D eigenvalue weighted by Crippen LogP contribution is 2.41. The lowest BCUT2D eigenvalue weighted by Crippen LogP contribution is -2.36. The van der Waals surface area contributed by atoms with Crippen molar-refractivity contribution in [1.82, 2.24) is 25.0 Å². The van der Waals surface area contributed by atoms with Gasteiger partial charge in [0.15, 0.2) is 5.69 Å². The summed E-state index contributed by atoms with van der Waals surface area (Å²) in [6, 6.07) is 15.5. The third kappa shape index (κ3) is 6.26. The van der Waals surface area contributed by atoms with E-state index in [2.05, 4.69) is 39.4 Å². The van der Waals surface area contributed by atoms with Crippen LogP contribution in [-0.4, -0.2) is 64.6 Å². The number of aryl methyl sites for hydroxylation is 1. The van der Waals surface area contributed by atoms with Gasteiger partial charge in [0.2, 0.25) is 5.43 Å². The molecular weight excluding hydrogens is 566 g/mol. The molecule has 0 spiro atoms. The molecule has 2 fully saturated rings. The minimum Gasteiger partial charge on any atom is -0.379 e. The number of ether oxygens (including phenoxy) is 2. The number of morpholine rings is 1. The first-order valence-electron chi connectivity index (χ1n) is 14.9. The lowest BCUT2D eigenvalue weighted by atomic mass is 9.73. The lowest BCUT2D eigenvalue weighted by Gasteiger charge is -2.34. The molecule has 43 heavy (non-hydrogen) atoms. The first kappa shape index (κ1) is 29.6. The summed E-state index contributed by atoms with van der Waals surface area (Å²) >= 11 is 6.00. The highest BCUT2D eigenvalue weighted by molar-refractivity contribution is 6.30. The fraction of sp³-hybridized carbons (Fsp3) is 0.424. The molecule has 0 bridgehead atoms. The number of carbonyl (C=O) groups excluding carboxylic acids is 1. The molecule has 0 radical (unpaired) electrons. The van der Waals surface area contributed by atoms with E-state index < -0.39 is 11.3 Å². The molecule has 2 atom stereocenters. The number of aromatic nitrogens is 3. The zero-order chi connectivity index (χ0) is 30.0. The Bertz CT molecular complexity index is 1640. The Labute approximate surface area is 256 Å². The first-order chi connectivity index (χ1) is 20.8. The van der Waals surface area contributed by atoms with Crippen LogP contribution in [0.15, 0.2) is 59.5 Å². The molecular formula is C33H38ClN5O4. The van der Waals surface area contributed by atoms with Crippen molar-refractivity contribution in [3.05, 3.63) is 98.1 Å². The van der Waals surface area contributed by atoms with Gasteiger partial charge in [-0.25, -0.2) is 0 Å². The Hall–Kier alpha value is -3.50. The summed E-state index contributed by atoms with van der Waals surface area (Å²) in [5, 5.41) is 8.53. The number of H-pyrrole nitrogens is 1. The van der Waals surface area contributed by atoms with Gasteiger partial charge in [0.1, 0.15) is 0 Å². The van der Waals surface area contributed by atoms with E-state index in [1.807, 2.05) is 37.5 Å². The molecule has 2 N–H and O–H groups in total. The standard InChI is InChI=1S/C33H38ClN5O4/c1-33(28-6-3-11-35-28,19-25-5-4-14-43-25)27-18-23(21-39-12-15-42-16-13-39)17-26-30(27)38(2)37-29(31(26)40)32(41)36-20-22-7-9-24(34)10-8-22/h3,6-11,17-18,25,35H,4-5,12-16,19-21H2,1-2H3,(H,36,41). The number of fused-ring (bicyclic) bond motifs is 1. The summed E-state index contributed by atoms with van der Waals surface area (Å²) in [5.41, 5.74) is 3.65. The molecule has 2 aliphatic rings. The van der Waals surface area contributed by atoms with Gasteiger partial charge >= 0.3 is 0 Å². The number of halogens is 1. The molecule has 2 aliphatic heterocycles. The minimum absolute atomic E-state index is 0.106. The summed E-state index contributed by atoms with van der Waals surface area (Å²) in [6.45, 7) is 6.92. The van der Waals surface area contributed by atoms with Crippen molar-refractivity contribution in [2.45, 2.75) is 50.8 Å². The molecule has 4 heterocycles. The van der Waals surface area contributed by atoms with Gasteiger partial charge in [-0.2, -0.15) is 5.10 Å². The molecule has 2 unspecified atom stereocenters. The zero-order valence-electron chi connectivity index (χ0n) is 24.7. The number of carbonyl (C=O) groups is 1. The van der Waals surface area contributed by atoms with Crippen molar-refractivity contribution in [3.8, 4) is 0 Å². The second-order valence-electron chi connectivity index (χ2n) is 11.8. The normalized spacial score (nSPS) is 19.0. The third-order valence-electron chi connectivity index (χ3n) is 8.74. The fourth-order valence-electron chi connectivity index (χ4n) is 6.43. The number of benzene rings is 2. The number of nitrogens with one attached hydrogen (secondary N) is 2. The van der Waals surface area contributed by atoms with Crippen molar-refractivity contribution in [2.24, 2.45) is 7.05 Å². The molecule has 4 aromatic rings. The average molecular weight is 604 g/mol. The SMILES string of the molecule is Cn1nc(C(=O)NCc2ccc(Cl)cc2)c(=O)c2cc(CN3CCOCC3)cc(C(C)(CC3CCCO3)c3ccc[nH]3)c21. The van der Waals surface area contributed by atoms with E-state index in [9.17, 15) is 9.59 Å². The van der Waals surface area contributed by atoms with Gasteiger partial charge in [-0.05, 0) is 73.2 Å². The Balaban J connectivity index is 1.46. The summed E-state index contributed by atoms with van der Waals surface area (Å²) in [7, 11) is 1.81. The van der Waals surface area contributed by atoms with E-state index in [1.165, 1.54) is 0 Å². The molecule has 0 aliphatic carbocycles. The van der Waals surface area contributed by atoms with Crippen LogP contribution in [0.25, 0.3) is 10.9 Å². The van der Waals surface area contributed by atoms with Gasteiger partial charge in [0, 0.05) is 62.2 Å². The van der Waals surface area contributed by atoms with Crippen molar-refractivity contribution in [3.63, 3.8) is 0 Å². The largest absolute Gasteiger partial charge is 0.379 e. The van der Waals surface area contributed by atoms with Crippen LogP contribution in [0.1, 0.15) is 59.1 Å². The van der Waals surface area contributed by atoms with Crippen LogP contribution in [0.2, 0.25) is 5.02 Å². The quantitative estimate of drug-likeness (QED) is 0.291. The van der Waals surface area contributed by atoms with E-state index in [1.54, 1.807) is 16.8 Å². The predicted molar refractivity (Wildman–Crippen MR) is 167 cm³/mol. The highest BCUT2D eigenvalue weighted by atomic mass is 35.5. The molecule has 2 aromatic carbocycles. The molecule has 226 valence electrons. The van der Waals surface area contributed by atoms with Crippen molar-refractivity contribution >= 4 is 28.4 Å². The van der Waals surface area contributed by atoms with Crippen LogP contribution in [-0.2, 0) is 35.0 Å². The van der Waals surface area contributed by atoms with Gasteiger partial charge < -0.3 is 19.8 Å². The van der Waals surface area contributed by atoms with Crippen molar-refractivity contribution < 1.29 is 14.3 Å². The maximum Gasteiger partial charge on any atom is 0.276 e. The van der Waals surface area contributed by atoms with Gasteiger partial charge in [-0.1, -0.05) is 29.8 Å². The Morgan fingerprint density at radius 2 is 1.93 bits per heavy atom. The Morgan fingerprint density at radius 3 is 2.63 bits per heavy atom. The summed E-state index contributed by atoms with van der Waals surface area (Å²) in [5.74, 6) is -0.510. The average Bonchev–Trinajstić information content (AvgIpc) is 3.74. The first-order valence-corrected chi connectivity index (χ1v) is 15.3. The topological polar surface area (TPSA) is 101 Å². The van der Waals surface area contributed by atoms with E-state index >= 15 is 0 Å². The second kappa shape index (κ2) is 12.6. The maximum absolute atomic E-state index is 14.1. The Kier molecular flexibility index (Phi) is 8.68. The number of hydrogen-bond donors (Lipinski definition) is 2. The molecule has 2 aromatic heterocycles. The number of aromatic amines is 1. The molecule has 1 amide bonds. The molecule has 9 nitrogen and oxygen atoms in total. The van der Waals surface area contributed by atoms with Crippen LogP contribution in [0.4, 0.5) is 0 Å². The smallest absolute Gasteiger partial charge is 0.276 e. The second-order valence-corrected chi connectivity index (χ2v) is 12.2. The van der Waals surface area contributed by atoms with Crippen LogP contribution in [0.3, 0.4) is 0 Å². The fourth-order valence-corrected chi connectivity index (χ4v) is 6.56. The molecule has 6 rings (SSSR count). The van der Waals surface area contributed by atoms with Crippen LogP contribution in [0.5, 0.6) is 0 Å². The van der Waals surface area contributed by atoms with E-state index in [-0.39, 0.29) is 23.8 Å². The monoisotopic (exact) mass is 603 g/mol. The van der Waals surface area contributed by atoms with Gasteiger partial charge in [-0.15, -0.1) is 0 Å². The van der Waals surface area contributed by atoms with Crippen LogP contribution >= 0.6 is 11.6 Å². The van der Waals surface area contributed by atoms with Crippen molar-refractivity contribution in [2.75, 3.05) is 32.9 Å². The summed E-state index contributed by atoms with van der Waals surface area (Å²) < 4.78 is 13.4. The van der Waals surface area contributed by atoms with Gasteiger partial charge in [-0.3, -0.25) is 19.2 Å². The summed E-state index contributed by atoms with van der Waals surface area (Å²) in [4.78, 5) is 33.2. The van der Waals surface area contributed by atoms with E-state index in [0.717, 1.165) is 66.9 Å². The third-order valence-corrected chi connectivity index (χ3v) is 8.99. The van der Waals surface area contributed by atoms with Crippen molar-refractivity contribution in [1.29, 1.82) is 0 Å². The molecule has 0 saturated carbocycles. The van der Waals surface area contributed by atoms with Gasteiger partial charge in [0.05, 0.1) is 30.2 Å². The Morgan fingerprint density at radius 1 is 1.14 bits per heavy atom. The van der Waals surface area contributed by atoms with E-state index in [0.29, 0.717) is 30.2 Å². The van der Waals surface area contributed by atoms with Gasteiger partial charge in [0.25, 0.3) is 5.91 Å². The zero-order valence-corrected chi connectivity index (χ0v) is 25.5. The molecule has 10 heteroatoms. The minimum atomic E-state index is -0.510. The van der Waals surface area contributed by atoms with Crippen LogP contribution < -0.4 is 10.7 Å². The number of rotatable bonds is 9. The highest BCUT2D eigenvalue weighted by Gasteiger charge is 2.37. The number of nitrogens with zero attached hydrogens (tertiary/aromatic N) is 3. The number of hydrogen-bond acceptors (Lipinski definition) is 6. The predicted octanol–water partition coefficient (Wildman–Crippen LogP) is 4.55. The summed E-state index contributed by atoms with van der Waals surface area (Å²) in [6.07, 6.45) is 4.83. The maximum atomic E-state index is 14.1. The van der Waals surface area contributed by atoms with Crippen LogP contribution in [0, 0.1) is 0 Å². The lowest BCUT2D eigenvalue weighted by molar-refractivity contribution is 0.0342.